The number of carbonyl (C=O) groups is 1. The standard InChI is InChI=1S/C24H22ClN5OS/c1-15-6-4-7-16(2)22(15)27-21(31)14-32-24-29-28-23(18-10-12-26-13-11-18)30(24)20-9-5-8-19(25)17(20)3/h4-13H,14H2,1-3H3,(H,27,31). The average molecular weight is 464 g/mol. The quantitative estimate of drug-likeness (QED) is 0.374. The summed E-state index contributed by atoms with van der Waals surface area (Å²) in [5.74, 6) is 0.757. The highest BCUT2D eigenvalue weighted by Gasteiger charge is 2.19. The third-order valence-electron chi connectivity index (χ3n) is 5.13. The van der Waals surface area contributed by atoms with Gasteiger partial charge in [0.1, 0.15) is 0 Å². The van der Waals surface area contributed by atoms with Crippen molar-refractivity contribution in [3.63, 3.8) is 0 Å². The second-order valence-corrected chi connectivity index (χ2v) is 8.71. The number of thioether (sulfide) groups is 1. The molecule has 2 aromatic carbocycles. The number of aryl methyl sites for hydroxylation is 2. The molecule has 0 aliphatic heterocycles. The van der Waals surface area contributed by atoms with Crippen LogP contribution in [-0.2, 0) is 4.79 Å². The number of pyridine rings is 1. The average Bonchev–Trinajstić information content (AvgIpc) is 3.21. The van der Waals surface area contributed by atoms with E-state index in [0.717, 1.165) is 33.6 Å². The summed E-state index contributed by atoms with van der Waals surface area (Å²) in [5, 5.41) is 13.1. The molecule has 0 saturated heterocycles. The molecular weight excluding hydrogens is 442 g/mol. The van der Waals surface area contributed by atoms with Gasteiger partial charge in [-0.05, 0) is 61.7 Å². The number of hydrogen-bond donors (Lipinski definition) is 1. The molecule has 0 atom stereocenters. The van der Waals surface area contributed by atoms with Gasteiger partial charge in [-0.15, -0.1) is 10.2 Å². The molecule has 0 aliphatic carbocycles. The molecule has 0 unspecified atom stereocenters. The minimum Gasteiger partial charge on any atom is -0.325 e. The Balaban J connectivity index is 1.65. The van der Waals surface area contributed by atoms with Crippen molar-refractivity contribution in [2.75, 3.05) is 11.1 Å². The Bertz CT molecular complexity index is 1250. The zero-order chi connectivity index (χ0) is 22.7. The summed E-state index contributed by atoms with van der Waals surface area (Å²) in [5.41, 5.74) is 5.56. The molecule has 32 heavy (non-hydrogen) atoms. The van der Waals surface area contributed by atoms with Crippen LogP contribution in [0.5, 0.6) is 0 Å². The van der Waals surface area contributed by atoms with E-state index >= 15 is 0 Å². The van der Waals surface area contributed by atoms with E-state index in [1.165, 1.54) is 11.8 Å². The molecule has 8 heteroatoms. The number of carbonyl (C=O) groups excluding carboxylic acids is 1. The first-order valence-electron chi connectivity index (χ1n) is 10.1. The number of rotatable bonds is 6. The van der Waals surface area contributed by atoms with Gasteiger partial charge in [0.2, 0.25) is 5.91 Å². The van der Waals surface area contributed by atoms with E-state index in [4.69, 9.17) is 11.6 Å². The molecular formula is C24H22ClN5OS. The number of nitrogens with zero attached hydrogens (tertiary/aromatic N) is 4. The Morgan fingerprint density at radius 1 is 1.00 bits per heavy atom. The van der Waals surface area contributed by atoms with Gasteiger partial charge < -0.3 is 5.32 Å². The highest BCUT2D eigenvalue weighted by Crippen LogP contribution is 2.31. The van der Waals surface area contributed by atoms with Crippen molar-refractivity contribution in [1.29, 1.82) is 0 Å². The predicted molar refractivity (Wildman–Crippen MR) is 130 cm³/mol. The predicted octanol–water partition coefficient (Wildman–Crippen LogP) is 5.64. The number of benzene rings is 2. The van der Waals surface area contributed by atoms with E-state index in [-0.39, 0.29) is 11.7 Å². The van der Waals surface area contributed by atoms with E-state index in [9.17, 15) is 4.79 Å². The van der Waals surface area contributed by atoms with Gasteiger partial charge in [-0.1, -0.05) is 47.6 Å². The Morgan fingerprint density at radius 2 is 1.69 bits per heavy atom. The molecule has 2 heterocycles. The molecule has 0 fully saturated rings. The third kappa shape index (κ3) is 4.54. The van der Waals surface area contributed by atoms with Gasteiger partial charge in [0.05, 0.1) is 11.4 Å². The second-order valence-electron chi connectivity index (χ2n) is 7.37. The number of hydrogen-bond acceptors (Lipinski definition) is 5. The minimum absolute atomic E-state index is 0.102. The van der Waals surface area contributed by atoms with E-state index in [2.05, 4.69) is 20.5 Å². The lowest BCUT2D eigenvalue weighted by Gasteiger charge is -2.14. The van der Waals surface area contributed by atoms with Crippen LogP contribution in [0.4, 0.5) is 5.69 Å². The number of anilines is 1. The van der Waals surface area contributed by atoms with Crippen LogP contribution in [0.15, 0.2) is 66.1 Å². The van der Waals surface area contributed by atoms with Gasteiger partial charge in [-0.3, -0.25) is 14.3 Å². The van der Waals surface area contributed by atoms with Crippen molar-refractivity contribution < 1.29 is 4.79 Å². The monoisotopic (exact) mass is 463 g/mol. The highest BCUT2D eigenvalue weighted by atomic mass is 35.5. The summed E-state index contributed by atoms with van der Waals surface area (Å²) < 4.78 is 1.94. The molecule has 0 aliphatic rings. The first kappa shape index (κ1) is 22.0. The molecule has 0 spiro atoms. The SMILES string of the molecule is Cc1cccc(C)c1NC(=O)CSc1nnc(-c2ccncc2)n1-c1cccc(Cl)c1C. The summed E-state index contributed by atoms with van der Waals surface area (Å²) in [4.78, 5) is 16.8. The molecule has 4 aromatic rings. The van der Waals surface area contributed by atoms with Crippen molar-refractivity contribution in [2.24, 2.45) is 0 Å². The van der Waals surface area contributed by atoms with Crippen molar-refractivity contribution in [1.82, 2.24) is 19.7 Å². The molecule has 1 N–H and O–H groups in total. The number of halogens is 1. The van der Waals surface area contributed by atoms with Crippen LogP contribution in [0, 0.1) is 20.8 Å². The van der Waals surface area contributed by atoms with Gasteiger partial charge in [0, 0.05) is 28.7 Å². The molecule has 0 bridgehead atoms. The Labute approximate surface area is 196 Å². The molecule has 1 amide bonds. The summed E-state index contributed by atoms with van der Waals surface area (Å²) in [6, 6.07) is 15.4. The Morgan fingerprint density at radius 3 is 2.41 bits per heavy atom. The minimum atomic E-state index is -0.102. The maximum atomic E-state index is 12.7. The fourth-order valence-electron chi connectivity index (χ4n) is 3.42. The fourth-order valence-corrected chi connectivity index (χ4v) is 4.34. The summed E-state index contributed by atoms with van der Waals surface area (Å²) in [6.45, 7) is 5.92. The summed E-state index contributed by atoms with van der Waals surface area (Å²) in [6.07, 6.45) is 3.42. The molecule has 0 radical (unpaired) electrons. The molecule has 162 valence electrons. The van der Waals surface area contributed by atoms with E-state index in [0.29, 0.717) is 16.0 Å². The van der Waals surface area contributed by atoms with Gasteiger partial charge in [0.25, 0.3) is 0 Å². The number of amides is 1. The van der Waals surface area contributed by atoms with Crippen molar-refractivity contribution in [3.8, 4) is 17.1 Å². The van der Waals surface area contributed by atoms with E-state index in [1.54, 1.807) is 12.4 Å². The Kier molecular flexibility index (Phi) is 6.58. The smallest absolute Gasteiger partial charge is 0.234 e. The molecule has 2 aromatic heterocycles. The normalized spacial score (nSPS) is 10.9. The first-order chi connectivity index (χ1) is 15.5. The van der Waals surface area contributed by atoms with Crippen LogP contribution >= 0.6 is 23.4 Å². The summed E-state index contributed by atoms with van der Waals surface area (Å²) >= 11 is 7.72. The molecule has 4 rings (SSSR count). The van der Waals surface area contributed by atoms with Gasteiger partial charge in [-0.25, -0.2) is 0 Å². The first-order valence-corrected chi connectivity index (χ1v) is 11.4. The lowest BCUT2D eigenvalue weighted by Crippen LogP contribution is -2.16. The van der Waals surface area contributed by atoms with Gasteiger partial charge >= 0.3 is 0 Å². The topological polar surface area (TPSA) is 72.7 Å². The Hall–Kier alpha value is -3.16. The van der Waals surface area contributed by atoms with Crippen LogP contribution in [0.3, 0.4) is 0 Å². The summed E-state index contributed by atoms with van der Waals surface area (Å²) in [7, 11) is 0. The maximum absolute atomic E-state index is 12.7. The lowest BCUT2D eigenvalue weighted by atomic mass is 10.1. The van der Waals surface area contributed by atoms with Crippen LogP contribution in [-0.4, -0.2) is 31.4 Å². The van der Waals surface area contributed by atoms with Crippen LogP contribution in [0.25, 0.3) is 17.1 Å². The highest BCUT2D eigenvalue weighted by molar-refractivity contribution is 7.99. The number of para-hydroxylation sites is 1. The van der Waals surface area contributed by atoms with E-state index in [1.807, 2.05) is 73.9 Å². The van der Waals surface area contributed by atoms with E-state index < -0.39 is 0 Å². The maximum Gasteiger partial charge on any atom is 0.234 e. The van der Waals surface area contributed by atoms with Crippen molar-refractivity contribution in [2.45, 2.75) is 25.9 Å². The zero-order valence-corrected chi connectivity index (χ0v) is 19.5. The largest absolute Gasteiger partial charge is 0.325 e. The zero-order valence-electron chi connectivity index (χ0n) is 18.0. The van der Waals surface area contributed by atoms with Crippen molar-refractivity contribution in [3.05, 3.63) is 82.6 Å². The third-order valence-corrected chi connectivity index (χ3v) is 6.47. The van der Waals surface area contributed by atoms with Gasteiger partial charge in [-0.2, -0.15) is 0 Å². The number of nitrogens with one attached hydrogen (secondary N) is 1. The van der Waals surface area contributed by atoms with Crippen LogP contribution in [0.2, 0.25) is 5.02 Å². The second kappa shape index (κ2) is 9.54. The number of aromatic nitrogens is 4. The van der Waals surface area contributed by atoms with Gasteiger partial charge in [0.15, 0.2) is 11.0 Å². The fraction of sp³-hybridized carbons (Fsp3) is 0.167. The van der Waals surface area contributed by atoms with Crippen molar-refractivity contribution >= 4 is 35.0 Å². The van der Waals surface area contributed by atoms with Crippen LogP contribution in [0.1, 0.15) is 16.7 Å². The lowest BCUT2D eigenvalue weighted by molar-refractivity contribution is -0.113. The van der Waals surface area contributed by atoms with Crippen LogP contribution < -0.4 is 5.32 Å². The molecule has 0 saturated carbocycles. The molecule has 6 nitrogen and oxygen atoms in total.